The first-order valence-electron chi connectivity index (χ1n) is 7.84. The molecule has 0 radical (unpaired) electrons. The van der Waals surface area contributed by atoms with Crippen molar-refractivity contribution in [3.63, 3.8) is 0 Å². The number of nitrogens with one attached hydrogen (secondary N) is 1. The highest BCUT2D eigenvalue weighted by Crippen LogP contribution is 2.31. The lowest BCUT2D eigenvalue weighted by molar-refractivity contribution is -0.136. The average Bonchev–Trinajstić information content (AvgIpc) is 2.59. The summed E-state index contributed by atoms with van der Waals surface area (Å²) in [6.07, 6.45) is 4.33. The van der Waals surface area contributed by atoms with Gasteiger partial charge < -0.3 is 14.8 Å². The number of fused-ring (bicyclic) bond motifs is 1. The summed E-state index contributed by atoms with van der Waals surface area (Å²) in [6, 6.07) is 7.39. The van der Waals surface area contributed by atoms with Gasteiger partial charge in [-0.1, -0.05) is 19.8 Å². The fraction of sp³-hybridized carbons (Fsp3) is 0.444. The Morgan fingerprint density at radius 3 is 2.74 bits per heavy atom. The maximum Gasteiger partial charge on any atom is 0.256 e. The highest BCUT2D eigenvalue weighted by Gasteiger charge is 2.32. The van der Waals surface area contributed by atoms with E-state index in [0.717, 1.165) is 23.7 Å². The number of carbonyl (C=O) groups excluding carboxylic acids is 1. The van der Waals surface area contributed by atoms with E-state index in [-0.39, 0.29) is 5.91 Å². The van der Waals surface area contributed by atoms with E-state index in [4.69, 9.17) is 9.47 Å². The molecular formula is C18H24N2O3. The first-order chi connectivity index (χ1) is 11.1. The van der Waals surface area contributed by atoms with Crippen LogP contribution in [0.3, 0.4) is 0 Å². The smallest absolute Gasteiger partial charge is 0.256 e. The number of amides is 1. The zero-order valence-corrected chi connectivity index (χ0v) is 14.2. The number of benzene rings is 1. The SMILES string of the molecule is CCCC[C@](C)(OC)C(=O)Nc1ccc(OC)c2ncccc12. The van der Waals surface area contributed by atoms with E-state index in [0.29, 0.717) is 17.9 Å². The number of nitrogens with zero attached hydrogens (tertiary/aromatic N) is 1. The van der Waals surface area contributed by atoms with Gasteiger partial charge in [0.15, 0.2) is 0 Å². The Morgan fingerprint density at radius 1 is 1.30 bits per heavy atom. The number of methoxy groups -OCH3 is 2. The van der Waals surface area contributed by atoms with E-state index >= 15 is 0 Å². The molecule has 5 nitrogen and oxygen atoms in total. The van der Waals surface area contributed by atoms with E-state index in [1.54, 1.807) is 26.5 Å². The average molecular weight is 316 g/mol. The monoisotopic (exact) mass is 316 g/mol. The summed E-state index contributed by atoms with van der Waals surface area (Å²) < 4.78 is 10.8. The molecule has 0 fully saturated rings. The van der Waals surface area contributed by atoms with Gasteiger partial charge >= 0.3 is 0 Å². The third-order valence-electron chi connectivity index (χ3n) is 4.14. The topological polar surface area (TPSA) is 60.5 Å². The molecule has 0 saturated heterocycles. The number of hydrogen-bond acceptors (Lipinski definition) is 4. The van der Waals surface area contributed by atoms with Gasteiger partial charge in [-0.05, 0) is 37.6 Å². The Balaban J connectivity index is 2.33. The molecule has 1 aromatic carbocycles. The number of unbranched alkanes of at least 4 members (excludes halogenated alkanes) is 1. The molecule has 124 valence electrons. The highest BCUT2D eigenvalue weighted by molar-refractivity contribution is 6.05. The molecule has 5 heteroatoms. The lowest BCUT2D eigenvalue weighted by Crippen LogP contribution is -2.42. The molecule has 23 heavy (non-hydrogen) atoms. The zero-order chi connectivity index (χ0) is 16.9. The van der Waals surface area contributed by atoms with Crippen LogP contribution in [0.15, 0.2) is 30.5 Å². The largest absolute Gasteiger partial charge is 0.494 e. The Morgan fingerprint density at radius 2 is 2.09 bits per heavy atom. The van der Waals surface area contributed by atoms with Crippen molar-refractivity contribution in [3.8, 4) is 5.75 Å². The van der Waals surface area contributed by atoms with Gasteiger partial charge in [0.2, 0.25) is 0 Å². The molecule has 1 heterocycles. The normalized spacial score (nSPS) is 13.6. The summed E-state index contributed by atoms with van der Waals surface area (Å²) >= 11 is 0. The fourth-order valence-electron chi connectivity index (χ4n) is 2.50. The molecule has 0 aliphatic rings. The third kappa shape index (κ3) is 3.62. The molecule has 0 saturated carbocycles. The predicted octanol–water partition coefficient (Wildman–Crippen LogP) is 3.78. The van der Waals surface area contributed by atoms with Crippen molar-refractivity contribution >= 4 is 22.5 Å². The summed E-state index contributed by atoms with van der Waals surface area (Å²) in [4.78, 5) is 17.0. The molecule has 2 rings (SSSR count). The van der Waals surface area contributed by atoms with Gasteiger partial charge in [0.05, 0.1) is 12.8 Å². The van der Waals surface area contributed by atoms with Crippen molar-refractivity contribution in [1.29, 1.82) is 0 Å². The van der Waals surface area contributed by atoms with Crippen molar-refractivity contribution in [2.45, 2.75) is 38.7 Å². The molecule has 1 aromatic heterocycles. The van der Waals surface area contributed by atoms with Crippen LogP contribution in [-0.4, -0.2) is 30.7 Å². The molecule has 1 N–H and O–H groups in total. The molecule has 0 spiro atoms. The van der Waals surface area contributed by atoms with Crippen LogP contribution in [0.1, 0.15) is 33.1 Å². The second-order valence-corrected chi connectivity index (χ2v) is 5.71. The van der Waals surface area contributed by atoms with Crippen molar-refractivity contribution in [2.24, 2.45) is 0 Å². The molecular weight excluding hydrogens is 292 g/mol. The van der Waals surface area contributed by atoms with E-state index in [2.05, 4.69) is 17.2 Å². The van der Waals surface area contributed by atoms with Crippen molar-refractivity contribution in [1.82, 2.24) is 4.98 Å². The van der Waals surface area contributed by atoms with Crippen LogP contribution in [0.25, 0.3) is 10.9 Å². The second-order valence-electron chi connectivity index (χ2n) is 5.71. The predicted molar refractivity (Wildman–Crippen MR) is 91.9 cm³/mol. The molecule has 0 bridgehead atoms. The number of hydrogen-bond donors (Lipinski definition) is 1. The number of ether oxygens (including phenoxy) is 2. The Kier molecular flexibility index (Phi) is 5.55. The molecule has 1 atom stereocenters. The maximum atomic E-state index is 12.7. The van der Waals surface area contributed by atoms with Crippen molar-refractivity contribution in [3.05, 3.63) is 30.5 Å². The van der Waals surface area contributed by atoms with Gasteiger partial charge in [0.25, 0.3) is 5.91 Å². The van der Waals surface area contributed by atoms with Crippen molar-refractivity contribution in [2.75, 3.05) is 19.5 Å². The van der Waals surface area contributed by atoms with Gasteiger partial charge in [0, 0.05) is 18.7 Å². The summed E-state index contributed by atoms with van der Waals surface area (Å²) in [5.74, 6) is 0.530. The number of anilines is 1. The number of aromatic nitrogens is 1. The molecule has 2 aromatic rings. The van der Waals surface area contributed by atoms with Crippen LogP contribution in [-0.2, 0) is 9.53 Å². The van der Waals surface area contributed by atoms with E-state index in [1.165, 1.54) is 0 Å². The standard InChI is InChI=1S/C18H24N2O3/c1-5-6-11-18(2,23-4)17(21)20-14-9-10-15(22-3)16-13(14)8-7-12-19-16/h7-10,12H,5-6,11H2,1-4H3,(H,20,21)/t18-/m0/s1. The molecule has 1 amide bonds. The minimum absolute atomic E-state index is 0.149. The van der Waals surface area contributed by atoms with Gasteiger partial charge in [-0.2, -0.15) is 0 Å². The van der Waals surface area contributed by atoms with Crippen LogP contribution in [0.5, 0.6) is 5.75 Å². The first-order valence-corrected chi connectivity index (χ1v) is 7.84. The minimum Gasteiger partial charge on any atom is -0.494 e. The summed E-state index contributed by atoms with van der Waals surface area (Å²) in [5.41, 5.74) is 0.587. The third-order valence-corrected chi connectivity index (χ3v) is 4.14. The van der Waals surface area contributed by atoms with Crippen LogP contribution in [0.4, 0.5) is 5.69 Å². The van der Waals surface area contributed by atoms with Crippen LogP contribution in [0.2, 0.25) is 0 Å². The fourth-order valence-corrected chi connectivity index (χ4v) is 2.50. The van der Waals surface area contributed by atoms with Crippen molar-refractivity contribution < 1.29 is 14.3 Å². The first kappa shape index (κ1) is 17.2. The number of pyridine rings is 1. The zero-order valence-electron chi connectivity index (χ0n) is 14.2. The maximum absolute atomic E-state index is 12.7. The van der Waals surface area contributed by atoms with Crippen LogP contribution in [0, 0.1) is 0 Å². The van der Waals surface area contributed by atoms with Gasteiger partial charge in [-0.3, -0.25) is 9.78 Å². The Labute approximate surface area is 137 Å². The lowest BCUT2D eigenvalue weighted by atomic mass is 9.97. The van der Waals surface area contributed by atoms with E-state index < -0.39 is 5.60 Å². The molecule has 0 aliphatic carbocycles. The molecule has 0 unspecified atom stereocenters. The summed E-state index contributed by atoms with van der Waals surface area (Å²) in [7, 11) is 3.18. The quantitative estimate of drug-likeness (QED) is 0.844. The number of carbonyl (C=O) groups is 1. The van der Waals surface area contributed by atoms with Gasteiger partial charge in [-0.25, -0.2) is 0 Å². The van der Waals surface area contributed by atoms with Crippen LogP contribution < -0.4 is 10.1 Å². The summed E-state index contributed by atoms with van der Waals surface area (Å²) in [5, 5.41) is 3.82. The highest BCUT2D eigenvalue weighted by atomic mass is 16.5. The van der Waals surface area contributed by atoms with E-state index in [1.807, 2.05) is 25.1 Å². The molecule has 0 aliphatic heterocycles. The number of rotatable bonds is 7. The second kappa shape index (κ2) is 7.42. The van der Waals surface area contributed by atoms with Gasteiger partial charge in [-0.15, -0.1) is 0 Å². The van der Waals surface area contributed by atoms with Gasteiger partial charge in [0.1, 0.15) is 16.9 Å². The summed E-state index contributed by atoms with van der Waals surface area (Å²) in [6.45, 7) is 3.92. The van der Waals surface area contributed by atoms with E-state index in [9.17, 15) is 4.79 Å². The minimum atomic E-state index is -0.843. The van der Waals surface area contributed by atoms with Crippen LogP contribution >= 0.6 is 0 Å². The Bertz CT molecular complexity index is 687. The Hall–Kier alpha value is -2.14. The lowest BCUT2D eigenvalue weighted by Gasteiger charge is -2.27.